The molecule has 0 bridgehead atoms. The third kappa shape index (κ3) is 13.1. The maximum Gasteiger partial charge on any atom is 0.161 e. The van der Waals surface area contributed by atoms with Gasteiger partial charge in [-0.3, -0.25) is 0 Å². The quantitative estimate of drug-likeness (QED) is 0.134. The summed E-state index contributed by atoms with van der Waals surface area (Å²) in [5, 5.41) is 21.8. The topological polar surface area (TPSA) is 110 Å². The molecule has 11 nitrogen and oxygen atoms in total. The van der Waals surface area contributed by atoms with E-state index in [1.54, 1.807) is 34.0 Å². The molecule has 658 valence electrons. The number of nitrogens with zero attached hydrogens (tertiary/aromatic N) is 10. The Morgan fingerprint density at radius 1 is 0.163 bits per heavy atom. The summed E-state index contributed by atoms with van der Waals surface area (Å²) in [6.45, 7) is 0. The van der Waals surface area contributed by atoms with Crippen LogP contribution in [0.2, 0.25) is 0 Å². The minimum atomic E-state index is 0.727. The maximum absolute atomic E-state index is 6.30. The lowest BCUT2D eigenvalue weighted by Crippen LogP contribution is -1.97. The van der Waals surface area contributed by atoms with Gasteiger partial charge in [-0.2, -0.15) is 0 Å². The fourth-order valence-corrected chi connectivity index (χ4v) is 25.8. The number of thiophene rings is 4. The summed E-state index contributed by atoms with van der Waals surface area (Å²) in [7, 11) is 0. The van der Waals surface area contributed by atoms with Crippen molar-refractivity contribution in [3.05, 3.63) is 449 Å². The smallest absolute Gasteiger partial charge is 0.161 e. The Labute approximate surface area is 821 Å². The fraction of sp³-hybridized carbons (Fsp3) is 0. The Bertz CT molecular complexity index is 10100. The summed E-state index contributed by atoms with van der Waals surface area (Å²) in [5.41, 5.74) is 24.9. The van der Waals surface area contributed by atoms with Crippen molar-refractivity contribution in [2.45, 2.75) is 0 Å². The Morgan fingerprint density at radius 2 is 0.447 bits per heavy atom. The standard InChI is InChI=1S/C46H28N4S.C40H23N3OS.C40H23N3S2/c1-3-13-29(14-4-1)44-43-35-19-9-12-22-42(35)51-46(43)48-45(47-44)30-23-25-32(26-24-30)50-39-21-11-8-18-34(39)37-27-36-33-17-7-10-20-38(33)49(40(36)28-41(37)50)31-15-5-2-6-16-31;1-2-10-24(11-3-1)38-37-29-14-6-9-17-36(29)45-40(37)42-39(41-38)25-18-20-26(21-19-25)43-32-15-7-4-12-27(32)30-22-31-28-13-5-8-16-34(28)44-35(31)23-33(30)43;1-2-10-24(11-3-1)38-37-29-14-6-9-17-35(29)45-40(37)42-39(41-38)25-18-20-26(21-19-25)43-32-15-7-4-12-27(32)30-22-31-28-13-5-8-16-34(28)44-36(31)23-33(30)43/h1-28H;2*1-23H. The molecular weight excluding hydrogens is 1800 g/mol. The highest BCUT2D eigenvalue weighted by molar-refractivity contribution is 7.27. The van der Waals surface area contributed by atoms with Gasteiger partial charge in [0, 0.05) is 183 Å². The lowest BCUT2D eigenvalue weighted by molar-refractivity contribution is 0.669. The van der Waals surface area contributed by atoms with Crippen LogP contribution in [0.3, 0.4) is 0 Å². The van der Waals surface area contributed by atoms with E-state index < -0.39 is 0 Å². The molecule has 12 aromatic heterocycles. The predicted molar refractivity (Wildman–Crippen MR) is 595 cm³/mol. The number of fused-ring (bicyclic) bond motifs is 27. The maximum atomic E-state index is 6.30. The first-order valence-electron chi connectivity index (χ1n) is 47.2. The molecule has 141 heavy (non-hydrogen) atoms. The van der Waals surface area contributed by atoms with Crippen molar-refractivity contribution >= 4 is 236 Å². The van der Waals surface area contributed by atoms with Crippen LogP contribution < -0.4 is 0 Å². The van der Waals surface area contributed by atoms with Crippen molar-refractivity contribution in [2.24, 2.45) is 0 Å². The van der Waals surface area contributed by atoms with Crippen LogP contribution in [0.1, 0.15) is 0 Å². The van der Waals surface area contributed by atoms with Crippen molar-refractivity contribution < 1.29 is 4.42 Å². The number of para-hydroxylation sites is 6. The van der Waals surface area contributed by atoms with Crippen LogP contribution in [0.4, 0.5) is 0 Å². The van der Waals surface area contributed by atoms with Gasteiger partial charge in [0.1, 0.15) is 25.7 Å². The molecule has 12 heterocycles. The van der Waals surface area contributed by atoms with Crippen molar-refractivity contribution in [3.63, 3.8) is 0 Å². The van der Waals surface area contributed by atoms with Gasteiger partial charge >= 0.3 is 0 Å². The third-order valence-corrected chi connectivity index (χ3v) is 32.2. The second-order valence-corrected chi connectivity index (χ2v) is 40.0. The van der Waals surface area contributed by atoms with Crippen LogP contribution in [0.25, 0.3) is 281 Å². The molecule has 0 radical (unpaired) electrons. The van der Waals surface area contributed by atoms with Crippen LogP contribution in [0, 0.1) is 0 Å². The van der Waals surface area contributed by atoms with Gasteiger partial charge in [-0.15, -0.1) is 45.3 Å². The largest absolute Gasteiger partial charge is 0.456 e. The Balaban J connectivity index is 0.000000102. The summed E-state index contributed by atoms with van der Waals surface area (Å²) >= 11 is 7.04. The van der Waals surface area contributed by atoms with E-state index in [1.165, 1.54) is 127 Å². The molecular formula is C126H74N10OS4. The summed E-state index contributed by atoms with van der Waals surface area (Å²) < 4.78 is 22.1. The van der Waals surface area contributed by atoms with E-state index in [2.05, 4.69) is 437 Å². The first kappa shape index (κ1) is 80.6. The average Bonchev–Trinajstić information content (AvgIpc) is 1.55. The van der Waals surface area contributed by atoms with Gasteiger partial charge < -0.3 is 22.7 Å². The highest BCUT2D eigenvalue weighted by Crippen LogP contribution is 2.49. The van der Waals surface area contributed by atoms with Crippen molar-refractivity contribution in [3.8, 4) is 90.7 Å². The third-order valence-electron chi connectivity index (χ3n) is 27.8. The van der Waals surface area contributed by atoms with Crippen molar-refractivity contribution in [1.82, 2.24) is 48.2 Å². The van der Waals surface area contributed by atoms with Gasteiger partial charge in [0.15, 0.2) is 17.5 Å². The lowest BCUT2D eigenvalue weighted by Gasteiger charge is -2.11. The second kappa shape index (κ2) is 32.5. The fourth-order valence-electron chi connectivity index (χ4n) is 21.4. The molecule has 0 aliphatic carbocycles. The molecule has 0 N–H and O–H groups in total. The zero-order valence-corrected chi connectivity index (χ0v) is 78.5. The van der Waals surface area contributed by atoms with Gasteiger partial charge in [-0.25, -0.2) is 29.9 Å². The lowest BCUT2D eigenvalue weighted by atomic mass is 10.1. The van der Waals surface area contributed by atoms with E-state index >= 15 is 0 Å². The zero-order chi connectivity index (χ0) is 92.4. The van der Waals surface area contributed by atoms with Crippen LogP contribution in [0.15, 0.2) is 453 Å². The molecule has 15 heteroatoms. The summed E-state index contributed by atoms with van der Waals surface area (Å²) in [4.78, 5) is 34.0. The summed E-state index contributed by atoms with van der Waals surface area (Å²) in [5.74, 6) is 2.20. The van der Waals surface area contributed by atoms with E-state index in [0.717, 1.165) is 154 Å². The average molecular weight is 1870 g/mol. The number of hydrogen-bond donors (Lipinski definition) is 0. The molecule has 0 unspecified atom stereocenters. The van der Waals surface area contributed by atoms with E-state index in [9.17, 15) is 0 Å². The number of rotatable bonds is 10. The van der Waals surface area contributed by atoms with E-state index in [1.807, 2.05) is 41.7 Å². The molecule has 0 amide bonds. The van der Waals surface area contributed by atoms with Gasteiger partial charge in [-0.05, 0) is 170 Å². The molecule has 0 aliphatic heterocycles. The highest BCUT2D eigenvalue weighted by Gasteiger charge is 2.26. The van der Waals surface area contributed by atoms with E-state index in [0.29, 0.717) is 0 Å². The van der Waals surface area contributed by atoms with Crippen LogP contribution in [-0.4, -0.2) is 48.2 Å². The molecule has 0 atom stereocenters. The number of aromatic nitrogens is 10. The van der Waals surface area contributed by atoms with Crippen LogP contribution in [0.5, 0.6) is 0 Å². The normalized spacial score (nSPS) is 12.0. The van der Waals surface area contributed by atoms with E-state index in [-0.39, 0.29) is 0 Å². The number of hydrogen-bond acceptors (Lipinski definition) is 11. The highest BCUT2D eigenvalue weighted by atomic mass is 32.1. The minimum Gasteiger partial charge on any atom is -0.456 e. The monoisotopic (exact) mass is 1870 g/mol. The molecule has 0 aliphatic rings. The van der Waals surface area contributed by atoms with Gasteiger partial charge in [-0.1, -0.05) is 273 Å². The molecule has 31 aromatic rings. The zero-order valence-electron chi connectivity index (χ0n) is 75.2. The predicted octanol–water partition coefficient (Wildman–Crippen LogP) is 35.2. The van der Waals surface area contributed by atoms with Crippen LogP contribution in [-0.2, 0) is 0 Å². The first-order chi connectivity index (χ1) is 69.9. The molecule has 0 saturated carbocycles. The van der Waals surface area contributed by atoms with E-state index in [4.69, 9.17) is 34.3 Å². The van der Waals surface area contributed by atoms with Gasteiger partial charge in [0.05, 0.1) is 61.2 Å². The van der Waals surface area contributed by atoms with Crippen LogP contribution >= 0.6 is 45.3 Å². The van der Waals surface area contributed by atoms with Crippen molar-refractivity contribution in [2.75, 3.05) is 0 Å². The summed E-state index contributed by atoms with van der Waals surface area (Å²) in [6, 6.07) is 159. The molecule has 0 spiro atoms. The number of benzene rings is 19. The molecule has 0 saturated heterocycles. The SMILES string of the molecule is c1ccc(-c2nc(-c3ccc(-n4c5ccccc5c5cc6c(cc54)oc4ccccc46)cc3)nc3sc4ccccc4c23)cc1.c1ccc(-c2nc(-c3ccc(-n4c5ccccc5c5cc6c(cc54)sc4ccccc46)cc3)nc3sc4ccccc4c23)cc1.c1ccc(-c2nc(-c3ccc(-n4c5ccccc5c5cc6c7ccccc7n(-c7ccccc7)c6cc54)cc3)nc3sc4ccccc4c23)cc1. The Hall–Kier alpha value is -17.7. The molecule has 0 fully saturated rings. The second-order valence-electron chi connectivity index (χ2n) is 35.8. The Kier molecular flexibility index (Phi) is 18.6. The Morgan fingerprint density at radius 3 is 0.830 bits per heavy atom. The summed E-state index contributed by atoms with van der Waals surface area (Å²) in [6.07, 6.45) is 0. The number of furan rings is 1. The van der Waals surface area contributed by atoms with Gasteiger partial charge in [0.25, 0.3) is 0 Å². The molecule has 31 rings (SSSR count). The van der Waals surface area contributed by atoms with Crippen molar-refractivity contribution in [1.29, 1.82) is 0 Å². The minimum absolute atomic E-state index is 0.727. The first-order valence-corrected chi connectivity index (χ1v) is 50.4. The molecule has 19 aromatic carbocycles. The van der Waals surface area contributed by atoms with Gasteiger partial charge in [0.2, 0.25) is 0 Å².